The lowest BCUT2D eigenvalue weighted by Gasteiger charge is -2.32. The molecule has 13 heteroatoms. The molecule has 0 fully saturated rings. The molecular weight excluding hydrogens is 505 g/mol. The fourth-order valence-electron chi connectivity index (χ4n) is 3.68. The van der Waals surface area contributed by atoms with Gasteiger partial charge in [-0.3, -0.25) is 14.3 Å². The van der Waals surface area contributed by atoms with Gasteiger partial charge in [-0.25, -0.2) is 8.42 Å². The van der Waals surface area contributed by atoms with Crippen LogP contribution in [0.3, 0.4) is 0 Å². The molecule has 0 saturated heterocycles. The number of carbonyl (C=O) groups excluding carboxylic acids is 2. The summed E-state index contributed by atoms with van der Waals surface area (Å²) in [4.78, 5) is 27.5. The Morgan fingerprint density at radius 2 is 1.80 bits per heavy atom. The van der Waals surface area contributed by atoms with Crippen molar-refractivity contribution < 1.29 is 31.2 Å². The maximum Gasteiger partial charge on any atom is 0.416 e. The van der Waals surface area contributed by atoms with Gasteiger partial charge in [-0.1, -0.05) is 6.07 Å². The number of fused-ring (bicyclic) bond motifs is 1. The van der Waals surface area contributed by atoms with Gasteiger partial charge in [0.15, 0.2) is 9.84 Å². The maximum absolute atomic E-state index is 13.3. The number of aromatic nitrogens is 2. The van der Waals surface area contributed by atoms with E-state index in [1.807, 2.05) is 0 Å². The second-order valence-electron chi connectivity index (χ2n) is 7.91. The number of nitrogens with zero attached hydrogens (tertiary/aromatic N) is 3. The zero-order valence-corrected chi connectivity index (χ0v) is 20.3. The third-order valence-corrected chi connectivity index (χ3v) is 6.49. The molecule has 1 N–H and O–H groups in total. The molecule has 8 nitrogen and oxygen atoms in total. The summed E-state index contributed by atoms with van der Waals surface area (Å²) in [6.45, 7) is 1.91. The fourth-order valence-corrected chi connectivity index (χ4v) is 4.35. The highest BCUT2D eigenvalue weighted by atomic mass is 32.2. The van der Waals surface area contributed by atoms with Crippen LogP contribution in [0.15, 0.2) is 59.6 Å². The van der Waals surface area contributed by atoms with Crippen molar-refractivity contribution in [2.75, 3.05) is 23.0 Å². The summed E-state index contributed by atoms with van der Waals surface area (Å²) in [6.07, 6.45) is -2.23. The van der Waals surface area contributed by atoms with Crippen LogP contribution in [0.1, 0.15) is 39.4 Å². The molecule has 2 amide bonds. The van der Waals surface area contributed by atoms with E-state index in [0.29, 0.717) is 0 Å². The highest BCUT2D eigenvalue weighted by Crippen LogP contribution is 2.33. The van der Waals surface area contributed by atoms with Crippen molar-refractivity contribution in [3.63, 3.8) is 0 Å². The van der Waals surface area contributed by atoms with Crippen LogP contribution in [0.4, 0.5) is 24.5 Å². The van der Waals surface area contributed by atoms with Gasteiger partial charge in [0.2, 0.25) is 0 Å². The molecule has 0 aliphatic carbocycles. The fraction of sp³-hybridized carbons (Fsp3) is 0.227. The zero-order valence-electron chi connectivity index (χ0n) is 18.5. The van der Waals surface area contributed by atoms with Crippen LogP contribution in [0.2, 0.25) is 0 Å². The summed E-state index contributed by atoms with van der Waals surface area (Å²) in [5, 5.41) is 6.71. The summed E-state index contributed by atoms with van der Waals surface area (Å²) < 4.78 is 63.6. The van der Waals surface area contributed by atoms with Gasteiger partial charge in [-0.2, -0.15) is 31.8 Å². The molecular formula is C22H21F3N4O4S2. The van der Waals surface area contributed by atoms with Crippen molar-refractivity contribution in [1.29, 1.82) is 0 Å². The SMILES string of the molecule is C[C@H]1CN(c2ccc(C(F)(F)F)cc2)C(=O)c2c(C(=O)Nc3cccc(S(C)(=O)=O)c3)cnn21.S. The van der Waals surface area contributed by atoms with E-state index >= 15 is 0 Å². The quantitative estimate of drug-likeness (QED) is 0.556. The smallest absolute Gasteiger partial charge is 0.322 e. The van der Waals surface area contributed by atoms with Gasteiger partial charge in [0.05, 0.1) is 28.3 Å². The van der Waals surface area contributed by atoms with Crippen molar-refractivity contribution in [3.05, 3.63) is 71.5 Å². The molecule has 0 unspecified atom stereocenters. The first kappa shape index (κ1) is 26.3. The molecule has 2 aromatic carbocycles. The molecule has 0 bridgehead atoms. The van der Waals surface area contributed by atoms with E-state index in [1.54, 1.807) is 6.92 Å². The highest BCUT2D eigenvalue weighted by Gasteiger charge is 2.36. The van der Waals surface area contributed by atoms with Crippen molar-refractivity contribution >= 4 is 46.5 Å². The van der Waals surface area contributed by atoms with Crippen molar-refractivity contribution in [3.8, 4) is 0 Å². The lowest BCUT2D eigenvalue weighted by Crippen LogP contribution is -2.43. The number of rotatable bonds is 4. The highest BCUT2D eigenvalue weighted by molar-refractivity contribution is 7.90. The minimum Gasteiger partial charge on any atom is -0.322 e. The van der Waals surface area contributed by atoms with E-state index in [9.17, 15) is 31.2 Å². The summed E-state index contributed by atoms with van der Waals surface area (Å²) in [6, 6.07) is 9.49. The van der Waals surface area contributed by atoms with Crippen LogP contribution in [0, 0.1) is 0 Å². The van der Waals surface area contributed by atoms with E-state index in [2.05, 4.69) is 10.4 Å². The molecule has 4 rings (SSSR count). The Bertz CT molecular complexity index is 1390. The van der Waals surface area contributed by atoms with E-state index in [-0.39, 0.29) is 53.6 Å². The second-order valence-corrected chi connectivity index (χ2v) is 9.93. The van der Waals surface area contributed by atoms with Crippen LogP contribution in [0.25, 0.3) is 0 Å². The number of hydrogen-bond acceptors (Lipinski definition) is 5. The second kappa shape index (κ2) is 9.38. The number of carbonyl (C=O) groups is 2. The van der Waals surface area contributed by atoms with Crippen LogP contribution in [-0.4, -0.2) is 42.8 Å². The maximum atomic E-state index is 13.3. The Labute approximate surface area is 206 Å². The van der Waals surface area contributed by atoms with Crippen molar-refractivity contribution in [1.82, 2.24) is 9.78 Å². The van der Waals surface area contributed by atoms with Gasteiger partial charge in [-0.05, 0) is 49.4 Å². The normalized spacial score (nSPS) is 15.9. The molecule has 35 heavy (non-hydrogen) atoms. The lowest BCUT2D eigenvalue weighted by molar-refractivity contribution is -0.137. The Kier molecular flexibility index (Phi) is 7.04. The van der Waals surface area contributed by atoms with Crippen LogP contribution in [-0.2, 0) is 16.0 Å². The van der Waals surface area contributed by atoms with Crippen LogP contribution in [0.5, 0.6) is 0 Å². The first-order chi connectivity index (χ1) is 15.9. The summed E-state index contributed by atoms with van der Waals surface area (Å²) in [5.41, 5.74) is -0.433. The summed E-state index contributed by atoms with van der Waals surface area (Å²) in [5.74, 6) is -1.27. The number of hydrogen-bond donors (Lipinski definition) is 1. The predicted molar refractivity (Wildman–Crippen MR) is 128 cm³/mol. The van der Waals surface area contributed by atoms with Gasteiger partial charge in [0.25, 0.3) is 11.8 Å². The summed E-state index contributed by atoms with van der Waals surface area (Å²) >= 11 is 0. The molecule has 0 radical (unpaired) electrons. The Balaban J connectivity index is 0.00000342. The Hall–Kier alpha value is -3.32. The first-order valence-corrected chi connectivity index (χ1v) is 11.9. The average Bonchev–Trinajstić information content (AvgIpc) is 3.22. The number of sulfone groups is 1. The van der Waals surface area contributed by atoms with Gasteiger partial charge in [-0.15, -0.1) is 0 Å². The largest absolute Gasteiger partial charge is 0.416 e. The standard InChI is InChI=1S/C22H19F3N4O4S.H2S/c1-13-12-28(16-8-6-14(7-9-16)22(23,24)25)21(31)19-18(11-26-29(13)19)20(30)27-15-4-3-5-17(10-15)34(2,32)33;/h3-11,13H,12H2,1-2H3,(H,27,30);1H2/t13-;/m0./s1. The molecule has 3 aromatic rings. The molecule has 1 atom stereocenters. The molecule has 1 aliphatic heterocycles. The Morgan fingerprint density at radius 3 is 2.40 bits per heavy atom. The third kappa shape index (κ3) is 5.20. The lowest BCUT2D eigenvalue weighted by atomic mass is 10.1. The molecule has 1 aromatic heterocycles. The van der Waals surface area contributed by atoms with E-state index < -0.39 is 33.4 Å². The number of amides is 2. The Morgan fingerprint density at radius 1 is 1.14 bits per heavy atom. The number of alkyl halides is 3. The molecule has 2 heterocycles. The van der Waals surface area contributed by atoms with E-state index in [1.165, 1.54) is 52.2 Å². The average molecular weight is 527 g/mol. The molecule has 0 saturated carbocycles. The van der Waals surface area contributed by atoms with Gasteiger partial charge >= 0.3 is 6.18 Å². The van der Waals surface area contributed by atoms with Crippen LogP contribution < -0.4 is 10.2 Å². The topological polar surface area (TPSA) is 101 Å². The third-order valence-electron chi connectivity index (χ3n) is 5.38. The van der Waals surface area contributed by atoms with Crippen LogP contribution >= 0.6 is 13.5 Å². The summed E-state index contributed by atoms with van der Waals surface area (Å²) in [7, 11) is -3.49. The molecule has 1 aliphatic rings. The van der Waals surface area contributed by atoms with E-state index in [0.717, 1.165) is 18.4 Å². The number of halogens is 3. The zero-order chi connectivity index (χ0) is 24.8. The first-order valence-electron chi connectivity index (χ1n) is 10.0. The van der Waals surface area contributed by atoms with Gasteiger partial charge < -0.3 is 10.2 Å². The van der Waals surface area contributed by atoms with Crippen molar-refractivity contribution in [2.24, 2.45) is 0 Å². The minimum atomic E-state index is -4.50. The molecule has 186 valence electrons. The van der Waals surface area contributed by atoms with Gasteiger partial charge in [0, 0.05) is 24.2 Å². The van der Waals surface area contributed by atoms with Crippen molar-refractivity contribution in [2.45, 2.75) is 24.0 Å². The molecule has 0 spiro atoms. The predicted octanol–water partition coefficient (Wildman–Crippen LogP) is 3.89. The van der Waals surface area contributed by atoms with Gasteiger partial charge in [0.1, 0.15) is 5.69 Å². The number of anilines is 2. The number of benzene rings is 2. The van der Waals surface area contributed by atoms with E-state index in [4.69, 9.17) is 0 Å². The monoisotopic (exact) mass is 526 g/mol. The number of nitrogens with one attached hydrogen (secondary N) is 1. The minimum absolute atomic E-state index is 0.